The van der Waals surface area contributed by atoms with Crippen molar-refractivity contribution in [3.63, 3.8) is 0 Å². The van der Waals surface area contributed by atoms with Gasteiger partial charge < -0.3 is 9.88 Å². The molecule has 0 saturated heterocycles. The Bertz CT molecular complexity index is 1360. The van der Waals surface area contributed by atoms with Gasteiger partial charge in [-0.05, 0) is 6.07 Å². The van der Waals surface area contributed by atoms with E-state index in [0.29, 0.717) is 10.3 Å². The highest BCUT2D eigenvalue weighted by atomic mass is 32.2. The number of aromatic nitrogens is 4. The highest BCUT2D eigenvalue weighted by molar-refractivity contribution is 7.99. The summed E-state index contributed by atoms with van der Waals surface area (Å²) in [4.78, 5) is 16.9. The second-order valence-electron chi connectivity index (χ2n) is 6.75. The van der Waals surface area contributed by atoms with Crippen molar-refractivity contribution in [1.29, 1.82) is 0 Å². The molecule has 9 heteroatoms. The fraction of sp³-hybridized carbons (Fsp3) is 0.0909. The Morgan fingerprint density at radius 1 is 1.03 bits per heavy atom. The number of nitrogens with one attached hydrogen (secondary N) is 1. The fourth-order valence-electron chi connectivity index (χ4n) is 3.18. The number of thioether (sulfide) groups is 1. The van der Waals surface area contributed by atoms with Crippen molar-refractivity contribution in [2.75, 3.05) is 11.1 Å². The molecule has 0 saturated carbocycles. The Balaban J connectivity index is 1.25. The normalized spacial score (nSPS) is 11.1. The largest absolute Gasteiger partial charge is 0.305 e. The first-order valence-corrected chi connectivity index (χ1v) is 12.2. The third kappa shape index (κ3) is 4.12. The zero-order valence-electron chi connectivity index (χ0n) is 16.5. The summed E-state index contributed by atoms with van der Waals surface area (Å²) in [5.74, 6) is 0.911. The molecule has 5 aromatic rings. The average Bonchev–Trinajstić information content (AvgIpc) is 3.52. The van der Waals surface area contributed by atoms with Gasteiger partial charge in [0, 0.05) is 39.0 Å². The van der Waals surface area contributed by atoms with Crippen LogP contribution in [0.15, 0.2) is 70.5 Å². The average molecular weight is 464 g/mol. The second kappa shape index (κ2) is 8.62. The SMILES string of the molecule is Cn1c(SCC(=O)Nc2nc(-c3ccccc3)cs2)nnc1-c1csc2ccccc12. The predicted octanol–water partition coefficient (Wildman–Crippen LogP) is 5.55. The molecule has 0 radical (unpaired) electrons. The molecular formula is C22H17N5OS3. The maximum Gasteiger partial charge on any atom is 0.236 e. The molecule has 3 heterocycles. The van der Waals surface area contributed by atoms with E-state index in [-0.39, 0.29) is 11.7 Å². The van der Waals surface area contributed by atoms with E-state index in [2.05, 4.69) is 38.0 Å². The molecule has 0 aliphatic carbocycles. The maximum absolute atomic E-state index is 12.4. The Kier molecular flexibility index (Phi) is 5.54. The van der Waals surface area contributed by atoms with Gasteiger partial charge in [0.15, 0.2) is 16.1 Å². The molecule has 0 fully saturated rings. The smallest absolute Gasteiger partial charge is 0.236 e. The van der Waals surface area contributed by atoms with Gasteiger partial charge in [-0.1, -0.05) is 60.3 Å². The van der Waals surface area contributed by atoms with Crippen LogP contribution < -0.4 is 5.32 Å². The Morgan fingerprint density at radius 2 is 1.84 bits per heavy atom. The lowest BCUT2D eigenvalue weighted by Crippen LogP contribution is -2.14. The van der Waals surface area contributed by atoms with Crippen molar-refractivity contribution in [3.05, 3.63) is 65.4 Å². The van der Waals surface area contributed by atoms with Crippen molar-refractivity contribution >= 4 is 55.6 Å². The van der Waals surface area contributed by atoms with Crippen LogP contribution in [0.1, 0.15) is 0 Å². The van der Waals surface area contributed by atoms with Crippen LogP contribution in [0, 0.1) is 0 Å². The zero-order chi connectivity index (χ0) is 21.2. The minimum absolute atomic E-state index is 0.121. The van der Waals surface area contributed by atoms with Crippen molar-refractivity contribution < 1.29 is 4.79 Å². The molecule has 2 aromatic carbocycles. The van der Waals surface area contributed by atoms with Crippen LogP contribution in [0.2, 0.25) is 0 Å². The van der Waals surface area contributed by atoms with Crippen LogP contribution in [0.5, 0.6) is 0 Å². The van der Waals surface area contributed by atoms with Crippen molar-refractivity contribution in [2.45, 2.75) is 5.16 Å². The third-order valence-corrected chi connectivity index (χ3v) is 7.45. The van der Waals surface area contributed by atoms with Crippen LogP contribution in [-0.2, 0) is 11.8 Å². The zero-order valence-corrected chi connectivity index (χ0v) is 18.9. The van der Waals surface area contributed by atoms with E-state index in [1.807, 2.05) is 59.5 Å². The van der Waals surface area contributed by atoms with Gasteiger partial charge in [0.1, 0.15) is 0 Å². The molecule has 0 aliphatic rings. The van der Waals surface area contributed by atoms with E-state index in [0.717, 1.165) is 28.0 Å². The highest BCUT2D eigenvalue weighted by Gasteiger charge is 2.16. The number of hydrogen-bond acceptors (Lipinski definition) is 7. The number of anilines is 1. The van der Waals surface area contributed by atoms with Gasteiger partial charge in [0.25, 0.3) is 0 Å². The molecule has 0 aliphatic heterocycles. The van der Waals surface area contributed by atoms with Crippen molar-refractivity contribution in [1.82, 2.24) is 19.7 Å². The van der Waals surface area contributed by atoms with Gasteiger partial charge in [0.2, 0.25) is 5.91 Å². The van der Waals surface area contributed by atoms with Gasteiger partial charge in [-0.3, -0.25) is 4.79 Å². The number of rotatable bonds is 6. The fourth-order valence-corrected chi connectivity index (χ4v) is 5.57. The first-order chi connectivity index (χ1) is 15.2. The summed E-state index contributed by atoms with van der Waals surface area (Å²) in [6.45, 7) is 0. The Labute approximate surface area is 191 Å². The Morgan fingerprint density at radius 3 is 2.71 bits per heavy atom. The molecule has 31 heavy (non-hydrogen) atoms. The second-order valence-corrected chi connectivity index (χ2v) is 9.46. The molecule has 0 atom stereocenters. The topological polar surface area (TPSA) is 72.7 Å². The van der Waals surface area contributed by atoms with E-state index in [9.17, 15) is 4.79 Å². The van der Waals surface area contributed by atoms with Gasteiger partial charge in [-0.15, -0.1) is 32.9 Å². The Hall–Kier alpha value is -3.01. The molecule has 6 nitrogen and oxygen atoms in total. The molecule has 154 valence electrons. The summed E-state index contributed by atoms with van der Waals surface area (Å²) in [6.07, 6.45) is 0. The quantitative estimate of drug-likeness (QED) is 0.334. The summed E-state index contributed by atoms with van der Waals surface area (Å²) >= 11 is 4.46. The lowest BCUT2D eigenvalue weighted by molar-refractivity contribution is -0.113. The molecule has 0 bridgehead atoms. The minimum Gasteiger partial charge on any atom is -0.305 e. The summed E-state index contributed by atoms with van der Waals surface area (Å²) < 4.78 is 3.15. The molecule has 1 amide bonds. The predicted molar refractivity (Wildman–Crippen MR) is 129 cm³/mol. The van der Waals surface area contributed by atoms with Crippen LogP contribution >= 0.6 is 34.4 Å². The first-order valence-electron chi connectivity index (χ1n) is 9.48. The van der Waals surface area contributed by atoms with Gasteiger partial charge in [-0.2, -0.15) is 0 Å². The number of carbonyl (C=O) groups excluding carboxylic acids is 1. The maximum atomic E-state index is 12.4. The lowest BCUT2D eigenvalue weighted by Gasteiger charge is -2.04. The van der Waals surface area contributed by atoms with Gasteiger partial charge in [-0.25, -0.2) is 4.98 Å². The number of amides is 1. The molecular weight excluding hydrogens is 446 g/mol. The molecule has 0 unspecified atom stereocenters. The standard InChI is InChI=1S/C22H17N5OS3/c1-27-20(16-11-29-18-10-6-5-9-15(16)18)25-26-22(27)31-13-19(28)24-21-23-17(12-30-21)14-7-3-2-4-8-14/h2-12H,13H2,1H3,(H,23,24,28). The van der Waals surface area contributed by atoms with Crippen LogP contribution in [0.4, 0.5) is 5.13 Å². The van der Waals surface area contributed by atoms with Crippen LogP contribution in [0.25, 0.3) is 32.7 Å². The monoisotopic (exact) mass is 463 g/mol. The summed E-state index contributed by atoms with van der Waals surface area (Å²) in [7, 11) is 1.93. The third-order valence-electron chi connectivity index (χ3n) is 4.71. The van der Waals surface area contributed by atoms with Gasteiger partial charge in [0.05, 0.1) is 11.4 Å². The number of nitrogens with zero attached hydrogens (tertiary/aromatic N) is 4. The summed E-state index contributed by atoms with van der Waals surface area (Å²) in [5.41, 5.74) is 2.94. The molecule has 3 aromatic heterocycles. The number of thiophene rings is 1. The summed E-state index contributed by atoms with van der Waals surface area (Å²) in [5, 5.41) is 18.0. The summed E-state index contributed by atoms with van der Waals surface area (Å²) in [6, 6.07) is 18.2. The van der Waals surface area contributed by atoms with E-state index < -0.39 is 0 Å². The van der Waals surface area contributed by atoms with E-state index in [1.54, 1.807) is 11.3 Å². The molecule has 1 N–H and O–H groups in total. The molecule has 0 spiro atoms. The highest BCUT2D eigenvalue weighted by Crippen LogP contribution is 2.34. The van der Waals surface area contributed by atoms with Crippen molar-refractivity contribution in [3.8, 4) is 22.6 Å². The number of thiazole rings is 1. The van der Waals surface area contributed by atoms with E-state index in [4.69, 9.17) is 0 Å². The number of fused-ring (bicyclic) bond motifs is 1. The minimum atomic E-state index is -0.121. The number of hydrogen-bond donors (Lipinski definition) is 1. The van der Waals surface area contributed by atoms with Crippen molar-refractivity contribution in [2.24, 2.45) is 7.05 Å². The van der Waals surface area contributed by atoms with Crippen LogP contribution in [0.3, 0.4) is 0 Å². The van der Waals surface area contributed by atoms with E-state index >= 15 is 0 Å². The molecule has 5 rings (SSSR count). The number of benzene rings is 2. The van der Waals surface area contributed by atoms with E-state index in [1.165, 1.54) is 27.8 Å². The lowest BCUT2D eigenvalue weighted by atomic mass is 10.2. The first kappa shape index (κ1) is 19.9. The number of carbonyl (C=O) groups is 1. The van der Waals surface area contributed by atoms with Gasteiger partial charge >= 0.3 is 0 Å². The van der Waals surface area contributed by atoms with Crippen LogP contribution in [-0.4, -0.2) is 31.4 Å².